The Labute approximate surface area is 155 Å². The van der Waals surface area contributed by atoms with Gasteiger partial charge in [0.2, 0.25) is 0 Å². The molecule has 0 amide bonds. The van der Waals surface area contributed by atoms with E-state index in [0.29, 0.717) is 17.9 Å². The van der Waals surface area contributed by atoms with Crippen LogP contribution < -0.4 is 14.2 Å². The fourth-order valence-corrected chi connectivity index (χ4v) is 2.75. The van der Waals surface area contributed by atoms with Crippen LogP contribution in [0.3, 0.4) is 0 Å². The van der Waals surface area contributed by atoms with Crippen molar-refractivity contribution < 1.29 is 19.0 Å². The molecule has 4 heteroatoms. The van der Waals surface area contributed by atoms with Gasteiger partial charge in [-0.15, -0.1) is 0 Å². The first-order chi connectivity index (χ1) is 12.6. The zero-order valence-corrected chi connectivity index (χ0v) is 15.9. The molecule has 138 valence electrons. The number of carbonyl (C=O) groups excluding carboxylic acids is 1. The topological polar surface area (TPSA) is 44.8 Å². The van der Waals surface area contributed by atoms with Crippen molar-refractivity contribution in [2.75, 3.05) is 20.8 Å². The predicted octanol–water partition coefficient (Wildman–Crippen LogP) is 4.95. The molecule has 0 bridgehead atoms. The minimum Gasteiger partial charge on any atom is -0.497 e. The molecule has 0 radical (unpaired) electrons. The molecule has 2 aromatic carbocycles. The second kappa shape index (κ2) is 9.66. The minimum absolute atomic E-state index is 0.0581. The lowest BCUT2D eigenvalue weighted by Crippen LogP contribution is -1.99. The van der Waals surface area contributed by atoms with Gasteiger partial charge in [0.15, 0.2) is 5.78 Å². The lowest BCUT2D eigenvalue weighted by atomic mass is 10.00. The molecule has 26 heavy (non-hydrogen) atoms. The van der Waals surface area contributed by atoms with Crippen LogP contribution in [-0.2, 0) is 6.42 Å². The van der Waals surface area contributed by atoms with E-state index in [9.17, 15) is 4.79 Å². The third-order valence-electron chi connectivity index (χ3n) is 4.04. The van der Waals surface area contributed by atoms with E-state index in [1.165, 1.54) is 0 Å². The van der Waals surface area contributed by atoms with Crippen LogP contribution in [0, 0.1) is 0 Å². The summed E-state index contributed by atoms with van der Waals surface area (Å²) >= 11 is 0. The van der Waals surface area contributed by atoms with Crippen LogP contribution in [0.25, 0.3) is 6.08 Å². The molecule has 0 fully saturated rings. The number of ketones is 1. The smallest absolute Gasteiger partial charge is 0.185 e. The summed E-state index contributed by atoms with van der Waals surface area (Å²) in [6.45, 7) is 4.64. The van der Waals surface area contributed by atoms with E-state index in [1.54, 1.807) is 32.4 Å². The number of methoxy groups -OCH3 is 2. The van der Waals surface area contributed by atoms with Gasteiger partial charge in [-0.05, 0) is 55.3 Å². The highest BCUT2D eigenvalue weighted by molar-refractivity contribution is 6.07. The second-order valence-corrected chi connectivity index (χ2v) is 5.80. The first-order valence-electron chi connectivity index (χ1n) is 8.83. The van der Waals surface area contributed by atoms with Crippen LogP contribution in [0.15, 0.2) is 42.5 Å². The van der Waals surface area contributed by atoms with Gasteiger partial charge in [-0.1, -0.05) is 19.4 Å². The maximum absolute atomic E-state index is 12.5. The maximum atomic E-state index is 12.5. The van der Waals surface area contributed by atoms with Crippen LogP contribution in [0.1, 0.15) is 41.8 Å². The normalized spacial score (nSPS) is 10.8. The Morgan fingerprint density at radius 2 is 1.73 bits per heavy atom. The summed E-state index contributed by atoms with van der Waals surface area (Å²) in [5.41, 5.74) is 2.63. The van der Waals surface area contributed by atoms with Gasteiger partial charge in [-0.2, -0.15) is 0 Å². The average molecular weight is 354 g/mol. The summed E-state index contributed by atoms with van der Waals surface area (Å²) in [5.74, 6) is 2.18. The van der Waals surface area contributed by atoms with Crippen LogP contribution in [0.4, 0.5) is 0 Å². The molecule has 2 rings (SSSR count). The number of hydrogen-bond acceptors (Lipinski definition) is 4. The first-order valence-corrected chi connectivity index (χ1v) is 8.83. The molecule has 2 aromatic rings. The van der Waals surface area contributed by atoms with Gasteiger partial charge in [-0.3, -0.25) is 4.79 Å². The second-order valence-electron chi connectivity index (χ2n) is 5.80. The van der Waals surface area contributed by atoms with Crippen molar-refractivity contribution in [3.8, 4) is 17.2 Å². The molecule has 0 saturated carbocycles. The Hall–Kier alpha value is -2.75. The summed E-state index contributed by atoms with van der Waals surface area (Å²) in [6, 6.07) is 11.0. The van der Waals surface area contributed by atoms with Gasteiger partial charge >= 0.3 is 0 Å². The van der Waals surface area contributed by atoms with Crippen LogP contribution in [0.5, 0.6) is 17.2 Å². The molecular weight excluding hydrogens is 328 g/mol. The minimum atomic E-state index is -0.0581. The van der Waals surface area contributed by atoms with E-state index in [0.717, 1.165) is 35.5 Å². The fourth-order valence-electron chi connectivity index (χ4n) is 2.75. The summed E-state index contributed by atoms with van der Waals surface area (Å²) in [6.07, 6.45) is 5.26. The maximum Gasteiger partial charge on any atom is 0.185 e. The number of benzene rings is 2. The monoisotopic (exact) mass is 354 g/mol. The Morgan fingerprint density at radius 1 is 1.00 bits per heavy atom. The van der Waals surface area contributed by atoms with Crippen molar-refractivity contribution in [2.24, 2.45) is 0 Å². The van der Waals surface area contributed by atoms with Crippen LogP contribution in [-0.4, -0.2) is 26.6 Å². The molecule has 0 saturated heterocycles. The van der Waals surface area contributed by atoms with Crippen molar-refractivity contribution in [1.29, 1.82) is 0 Å². The lowest BCUT2D eigenvalue weighted by molar-refractivity contribution is 0.104. The zero-order valence-electron chi connectivity index (χ0n) is 15.9. The summed E-state index contributed by atoms with van der Waals surface area (Å²) in [5, 5.41) is 0. The molecule has 0 heterocycles. The van der Waals surface area contributed by atoms with Crippen molar-refractivity contribution in [3.05, 3.63) is 59.2 Å². The van der Waals surface area contributed by atoms with Crippen molar-refractivity contribution >= 4 is 11.9 Å². The van der Waals surface area contributed by atoms with E-state index in [2.05, 4.69) is 6.92 Å². The molecule has 0 unspecified atom stereocenters. The molecule has 0 aliphatic rings. The number of allylic oxidation sites excluding steroid dienone is 1. The molecule has 0 aromatic heterocycles. The molecule has 0 atom stereocenters. The number of hydrogen-bond donors (Lipinski definition) is 0. The third kappa shape index (κ3) is 4.88. The standard InChI is InChI=1S/C22H26O4/c1-5-7-20-17(14-19(24-3)15-22(20)25-4)10-13-21(23)16-8-11-18(12-9-16)26-6-2/h8-15H,5-7H2,1-4H3/b13-10+. The largest absolute Gasteiger partial charge is 0.497 e. The van der Waals surface area contributed by atoms with E-state index in [1.807, 2.05) is 37.3 Å². The van der Waals surface area contributed by atoms with Gasteiger partial charge in [0.25, 0.3) is 0 Å². The summed E-state index contributed by atoms with van der Waals surface area (Å²) < 4.78 is 16.2. The van der Waals surface area contributed by atoms with Crippen molar-refractivity contribution in [3.63, 3.8) is 0 Å². The van der Waals surface area contributed by atoms with Crippen LogP contribution in [0.2, 0.25) is 0 Å². The van der Waals surface area contributed by atoms with Gasteiger partial charge in [-0.25, -0.2) is 0 Å². The Balaban J connectivity index is 2.28. The molecule has 0 aliphatic heterocycles. The average Bonchev–Trinajstić information content (AvgIpc) is 2.67. The third-order valence-corrected chi connectivity index (χ3v) is 4.04. The summed E-state index contributed by atoms with van der Waals surface area (Å²) in [4.78, 5) is 12.5. The molecule has 0 aliphatic carbocycles. The number of ether oxygens (including phenoxy) is 3. The van der Waals surface area contributed by atoms with Crippen LogP contribution >= 0.6 is 0 Å². The Kier molecular flexibility index (Phi) is 7.27. The van der Waals surface area contributed by atoms with Gasteiger partial charge < -0.3 is 14.2 Å². The van der Waals surface area contributed by atoms with Crippen molar-refractivity contribution in [2.45, 2.75) is 26.7 Å². The molecule has 0 N–H and O–H groups in total. The lowest BCUT2D eigenvalue weighted by Gasteiger charge is -2.13. The van der Waals surface area contributed by atoms with E-state index >= 15 is 0 Å². The van der Waals surface area contributed by atoms with E-state index in [-0.39, 0.29) is 5.78 Å². The highest BCUT2D eigenvalue weighted by atomic mass is 16.5. The molecule has 0 spiro atoms. The van der Waals surface area contributed by atoms with Crippen molar-refractivity contribution in [1.82, 2.24) is 0 Å². The Bertz CT molecular complexity index is 760. The molecule has 4 nitrogen and oxygen atoms in total. The van der Waals surface area contributed by atoms with E-state index in [4.69, 9.17) is 14.2 Å². The van der Waals surface area contributed by atoms with Gasteiger partial charge in [0.1, 0.15) is 17.2 Å². The quantitative estimate of drug-likeness (QED) is 0.472. The van der Waals surface area contributed by atoms with Gasteiger partial charge in [0, 0.05) is 17.2 Å². The predicted molar refractivity (Wildman–Crippen MR) is 105 cm³/mol. The van der Waals surface area contributed by atoms with E-state index < -0.39 is 0 Å². The summed E-state index contributed by atoms with van der Waals surface area (Å²) in [7, 11) is 3.26. The Morgan fingerprint density at radius 3 is 2.31 bits per heavy atom. The highest BCUT2D eigenvalue weighted by Crippen LogP contribution is 2.31. The fraction of sp³-hybridized carbons (Fsp3) is 0.318. The number of carbonyl (C=O) groups is 1. The zero-order chi connectivity index (χ0) is 18.9. The first kappa shape index (κ1) is 19.6. The van der Waals surface area contributed by atoms with Gasteiger partial charge in [0.05, 0.1) is 20.8 Å². The highest BCUT2D eigenvalue weighted by Gasteiger charge is 2.11. The number of rotatable bonds is 9. The SMILES string of the molecule is CCCc1c(/C=C/C(=O)c2ccc(OCC)cc2)cc(OC)cc1OC. The molecular formula is C22H26O4.